The number of aryl methyl sites for hydroxylation is 1. The quantitative estimate of drug-likeness (QED) is 0.670. The van der Waals surface area contributed by atoms with Crippen LogP contribution in [0.1, 0.15) is 29.8 Å². The number of rotatable bonds is 7. The number of aromatic nitrogens is 2. The van der Waals surface area contributed by atoms with E-state index in [-0.39, 0.29) is 23.5 Å². The van der Waals surface area contributed by atoms with Gasteiger partial charge in [0, 0.05) is 38.7 Å². The monoisotopic (exact) mass is 385 g/mol. The number of nitrogens with zero attached hydrogens (tertiary/aromatic N) is 2. The summed E-state index contributed by atoms with van der Waals surface area (Å²) in [5, 5.41) is 2.91. The minimum Gasteiger partial charge on any atom is -0.383 e. The number of carbonyl (C=O) groups is 1. The number of aromatic amines is 1. The fraction of sp³-hybridized carbons (Fsp3) is 0.450. The number of benzene rings is 1. The molecule has 1 fully saturated rings. The van der Waals surface area contributed by atoms with Gasteiger partial charge in [-0.15, -0.1) is 0 Å². The summed E-state index contributed by atoms with van der Waals surface area (Å²) in [7, 11) is 0. The number of amides is 2. The van der Waals surface area contributed by atoms with Gasteiger partial charge in [0.1, 0.15) is 11.6 Å². The van der Waals surface area contributed by atoms with Gasteiger partial charge in [-0.05, 0) is 25.3 Å². The zero-order chi connectivity index (χ0) is 19.9. The second-order valence-corrected chi connectivity index (χ2v) is 7.10. The topological polar surface area (TPSA) is 113 Å². The lowest BCUT2D eigenvalue weighted by Crippen LogP contribution is -2.44. The van der Waals surface area contributed by atoms with Crippen molar-refractivity contribution in [1.29, 1.82) is 0 Å². The Labute approximate surface area is 164 Å². The third-order valence-electron chi connectivity index (χ3n) is 4.64. The van der Waals surface area contributed by atoms with Crippen LogP contribution in [0.15, 0.2) is 35.1 Å². The second-order valence-electron chi connectivity index (χ2n) is 7.10. The van der Waals surface area contributed by atoms with Gasteiger partial charge in [0.05, 0.1) is 6.10 Å². The number of urea groups is 1. The van der Waals surface area contributed by atoms with Crippen molar-refractivity contribution >= 4 is 11.8 Å². The number of ether oxygens (including phenoxy) is 1. The van der Waals surface area contributed by atoms with E-state index in [4.69, 9.17) is 10.5 Å². The van der Waals surface area contributed by atoms with Crippen molar-refractivity contribution in [3.8, 4) is 0 Å². The number of hydrogen-bond acceptors (Lipinski definition) is 5. The van der Waals surface area contributed by atoms with Crippen molar-refractivity contribution in [1.82, 2.24) is 20.2 Å². The average Bonchev–Trinajstić information content (AvgIpc) is 3.13. The Balaban J connectivity index is 1.60. The molecule has 2 heterocycles. The van der Waals surface area contributed by atoms with Crippen molar-refractivity contribution in [2.75, 3.05) is 25.4 Å². The number of nitrogens with one attached hydrogen (secondary N) is 2. The van der Waals surface area contributed by atoms with Crippen molar-refractivity contribution in [2.45, 2.75) is 38.8 Å². The van der Waals surface area contributed by atoms with Crippen LogP contribution in [0, 0.1) is 6.92 Å². The Morgan fingerprint density at radius 3 is 3.00 bits per heavy atom. The molecule has 0 spiro atoms. The van der Waals surface area contributed by atoms with Gasteiger partial charge >= 0.3 is 6.03 Å². The van der Waals surface area contributed by atoms with E-state index in [1.165, 1.54) is 6.07 Å². The van der Waals surface area contributed by atoms with E-state index in [1.807, 2.05) is 25.1 Å². The normalized spacial score (nSPS) is 16.1. The molecule has 1 saturated heterocycles. The average molecular weight is 385 g/mol. The molecule has 0 saturated carbocycles. The van der Waals surface area contributed by atoms with Crippen molar-refractivity contribution < 1.29 is 9.53 Å². The first-order valence-electron chi connectivity index (χ1n) is 9.55. The van der Waals surface area contributed by atoms with Crippen LogP contribution < -0.4 is 16.6 Å². The van der Waals surface area contributed by atoms with Crippen LogP contribution in [0.3, 0.4) is 0 Å². The molecule has 3 rings (SSSR count). The summed E-state index contributed by atoms with van der Waals surface area (Å²) >= 11 is 0. The third-order valence-corrected chi connectivity index (χ3v) is 4.64. The Bertz CT molecular complexity index is 861. The highest BCUT2D eigenvalue weighted by Gasteiger charge is 2.22. The zero-order valence-electron chi connectivity index (χ0n) is 16.1. The summed E-state index contributed by atoms with van der Waals surface area (Å²) < 4.78 is 5.71. The molecule has 4 N–H and O–H groups in total. The summed E-state index contributed by atoms with van der Waals surface area (Å²) in [5.74, 6) is 0.624. The molecular weight excluding hydrogens is 358 g/mol. The maximum absolute atomic E-state index is 12.8. The lowest BCUT2D eigenvalue weighted by atomic mass is 10.1. The smallest absolute Gasteiger partial charge is 0.317 e. The lowest BCUT2D eigenvalue weighted by Gasteiger charge is -2.26. The molecule has 1 aliphatic rings. The van der Waals surface area contributed by atoms with Gasteiger partial charge in [-0.2, -0.15) is 0 Å². The Hall–Kier alpha value is -2.87. The predicted octanol–water partition coefficient (Wildman–Crippen LogP) is 1.59. The molecule has 2 aromatic rings. The summed E-state index contributed by atoms with van der Waals surface area (Å²) in [4.78, 5) is 32.7. The van der Waals surface area contributed by atoms with Gasteiger partial charge in [0.2, 0.25) is 0 Å². The van der Waals surface area contributed by atoms with E-state index >= 15 is 0 Å². The van der Waals surface area contributed by atoms with Crippen LogP contribution in [-0.2, 0) is 17.7 Å². The van der Waals surface area contributed by atoms with Crippen LogP contribution in [0.25, 0.3) is 0 Å². The first-order valence-corrected chi connectivity index (χ1v) is 9.55. The van der Waals surface area contributed by atoms with E-state index in [0.717, 1.165) is 30.6 Å². The highest BCUT2D eigenvalue weighted by atomic mass is 16.5. The molecule has 8 nitrogen and oxygen atoms in total. The molecule has 8 heteroatoms. The minimum atomic E-state index is -0.298. The second kappa shape index (κ2) is 9.36. The molecule has 1 atom stereocenters. The molecule has 1 aliphatic heterocycles. The largest absolute Gasteiger partial charge is 0.383 e. The van der Waals surface area contributed by atoms with Gasteiger partial charge in [-0.3, -0.25) is 4.79 Å². The van der Waals surface area contributed by atoms with Crippen molar-refractivity contribution in [3.05, 3.63) is 57.6 Å². The molecule has 1 aromatic heterocycles. The number of nitrogens with two attached hydrogens (primary N) is 1. The molecule has 0 aliphatic carbocycles. The maximum Gasteiger partial charge on any atom is 0.317 e. The van der Waals surface area contributed by atoms with E-state index in [2.05, 4.69) is 21.4 Å². The summed E-state index contributed by atoms with van der Waals surface area (Å²) in [6, 6.07) is 9.19. The summed E-state index contributed by atoms with van der Waals surface area (Å²) in [6.07, 6.45) is 2.46. The van der Waals surface area contributed by atoms with Crippen LogP contribution in [0.2, 0.25) is 0 Å². The van der Waals surface area contributed by atoms with Crippen molar-refractivity contribution in [3.63, 3.8) is 0 Å². The molecule has 0 radical (unpaired) electrons. The van der Waals surface area contributed by atoms with Crippen LogP contribution in [-0.4, -0.2) is 46.7 Å². The van der Waals surface area contributed by atoms with Gasteiger partial charge < -0.3 is 25.7 Å². The summed E-state index contributed by atoms with van der Waals surface area (Å²) in [6.45, 7) is 4.20. The fourth-order valence-corrected chi connectivity index (χ4v) is 3.33. The molecule has 2 amide bonds. The van der Waals surface area contributed by atoms with Gasteiger partial charge in [-0.1, -0.05) is 29.8 Å². The highest BCUT2D eigenvalue weighted by molar-refractivity contribution is 5.74. The van der Waals surface area contributed by atoms with Gasteiger partial charge in [0.15, 0.2) is 0 Å². The SMILES string of the molecule is Cc1cccc(CN(C[C@H]2CCCO2)C(=O)NCCc2nc(N)cc(=O)[nH]2)c1. The first kappa shape index (κ1) is 19.9. The molecule has 28 heavy (non-hydrogen) atoms. The molecular formula is C20H27N5O3. The highest BCUT2D eigenvalue weighted by Crippen LogP contribution is 2.16. The first-order chi connectivity index (χ1) is 13.5. The molecule has 1 aromatic carbocycles. The number of nitrogen functional groups attached to an aromatic ring is 1. The lowest BCUT2D eigenvalue weighted by molar-refractivity contribution is 0.0795. The Morgan fingerprint density at radius 1 is 1.43 bits per heavy atom. The molecule has 0 bridgehead atoms. The van der Waals surface area contributed by atoms with Crippen LogP contribution >= 0.6 is 0 Å². The number of anilines is 1. The molecule has 0 unspecified atom stereocenters. The number of H-pyrrole nitrogens is 1. The van der Waals surface area contributed by atoms with E-state index in [0.29, 0.717) is 31.9 Å². The summed E-state index contributed by atoms with van der Waals surface area (Å²) in [5.41, 5.74) is 7.53. The van der Waals surface area contributed by atoms with Crippen LogP contribution in [0.5, 0.6) is 0 Å². The van der Waals surface area contributed by atoms with E-state index in [9.17, 15) is 9.59 Å². The predicted molar refractivity (Wildman–Crippen MR) is 107 cm³/mol. The Morgan fingerprint density at radius 2 is 2.29 bits per heavy atom. The third kappa shape index (κ3) is 5.82. The standard InChI is InChI=1S/C20H27N5O3/c1-14-4-2-5-15(10-14)12-25(13-16-6-3-9-28-16)20(27)22-8-7-18-23-17(21)11-19(26)24-18/h2,4-5,10-11,16H,3,6-9,12-13H2,1H3,(H,22,27)(H3,21,23,24,26)/t16-/m1/s1. The Kier molecular flexibility index (Phi) is 6.65. The van der Waals surface area contributed by atoms with Crippen molar-refractivity contribution in [2.24, 2.45) is 0 Å². The zero-order valence-corrected chi connectivity index (χ0v) is 16.1. The van der Waals surface area contributed by atoms with E-state index < -0.39 is 0 Å². The number of hydrogen-bond donors (Lipinski definition) is 3. The number of carbonyl (C=O) groups excluding carboxylic acids is 1. The maximum atomic E-state index is 12.8. The molecule has 150 valence electrons. The van der Waals surface area contributed by atoms with Crippen LogP contribution in [0.4, 0.5) is 10.6 Å². The van der Waals surface area contributed by atoms with E-state index in [1.54, 1.807) is 4.90 Å². The van der Waals surface area contributed by atoms with Gasteiger partial charge in [-0.25, -0.2) is 9.78 Å². The fourth-order valence-electron chi connectivity index (χ4n) is 3.33. The van der Waals surface area contributed by atoms with Gasteiger partial charge in [0.25, 0.3) is 5.56 Å². The minimum absolute atomic E-state index is 0.0718.